The van der Waals surface area contributed by atoms with Crippen LogP contribution in [0.1, 0.15) is 23.2 Å². The first kappa shape index (κ1) is 12.3. The standard InChI is InChI=1S/C15H15ClN2O/c16-12-6-4-11(13(17)8-12)9-18-14-3-1-2-10(14)5-7-15(18)19/h4-8H,1-3,9,17H2. The number of hydrogen-bond acceptors (Lipinski definition) is 2. The Morgan fingerprint density at radius 1 is 1.21 bits per heavy atom. The number of halogens is 1. The summed E-state index contributed by atoms with van der Waals surface area (Å²) in [5, 5.41) is 0.617. The van der Waals surface area contributed by atoms with E-state index in [0.717, 1.165) is 30.5 Å². The van der Waals surface area contributed by atoms with Crippen molar-refractivity contribution in [1.29, 1.82) is 0 Å². The number of aromatic nitrogens is 1. The van der Waals surface area contributed by atoms with Crippen molar-refractivity contribution < 1.29 is 0 Å². The first-order valence-corrected chi connectivity index (χ1v) is 6.78. The van der Waals surface area contributed by atoms with E-state index < -0.39 is 0 Å². The van der Waals surface area contributed by atoms with Crippen molar-refractivity contribution >= 4 is 17.3 Å². The molecule has 3 nitrogen and oxygen atoms in total. The first-order valence-electron chi connectivity index (χ1n) is 6.40. The molecule has 1 heterocycles. The molecule has 1 aliphatic carbocycles. The Labute approximate surface area is 116 Å². The highest BCUT2D eigenvalue weighted by atomic mass is 35.5. The summed E-state index contributed by atoms with van der Waals surface area (Å²) in [7, 11) is 0. The predicted octanol–water partition coefficient (Wildman–Crippen LogP) is 2.62. The largest absolute Gasteiger partial charge is 0.398 e. The van der Waals surface area contributed by atoms with Crippen LogP contribution in [0.3, 0.4) is 0 Å². The third-order valence-corrected chi connectivity index (χ3v) is 3.92. The molecule has 1 aromatic heterocycles. The molecule has 0 spiro atoms. The van der Waals surface area contributed by atoms with Crippen LogP contribution in [0.2, 0.25) is 5.02 Å². The third kappa shape index (κ3) is 2.26. The summed E-state index contributed by atoms with van der Waals surface area (Å²) in [6, 6.07) is 9.02. The van der Waals surface area contributed by atoms with Gasteiger partial charge in [-0.1, -0.05) is 23.7 Å². The second-order valence-electron chi connectivity index (χ2n) is 4.93. The minimum absolute atomic E-state index is 0.0370. The van der Waals surface area contributed by atoms with Crippen molar-refractivity contribution in [2.45, 2.75) is 25.8 Å². The van der Waals surface area contributed by atoms with Gasteiger partial charge in [0.2, 0.25) is 0 Å². The summed E-state index contributed by atoms with van der Waals surface area (Å²) in [4.78, 5) is 12.1. The van der Waals surface area contributed by atoms with Crippen LogP contribution in [0.4, 0.5) is 5.69 Å². The maximum absolute atomic E-state index is 12.1. The van der Waals surface area contributed by atoms with E-state index in [4.69, 9.17) is 17.3 Å². The number of aryl methyl sites for hydroxylation is 1. The normalized spacial score (nSPS) is 13.5. The molecule has 0 fully saturated rings. The number of hydrogen-bond donors (Lipinski definition) is 1. The molecule has 2 N–H and O–H groups in total. The fraction of sp³-hybridized carbons (Fsp3) is 0.267. The molecular weight excluding hydrogens is 260 g/mol. The second-order valence-corrected chi connectivity index (χ2v) is 5.36. The molecule has 0 saturated heterocycles. The summed E-state index contributed by atoms with van der Waals surface area (Å²) in [6.45, 7) is 0.519. The average Bonchev–Trinajstić information content (AvgIpc) is 2.84. The van der Waals surface area contributed by atoms with Gasteiger partial charge in [-0.15, -0.1) is 0 Å². The van der Waals surface area contributed by atoms with Crippen molar-refractivity contribution in [2.75, 3.05) is 5.73 Å². The van der Waals surface area contributed by atoms with E-state index in [0.29, 0.717) is 17.3 Å². The molecule has 0 bridgehead atoms. The van der Waals surface area contributed by atoms with E-state index in [2.05, 4.69) is 0 Å². The predicted molar refractivity (Wildman–Crippen MR) is 77.7 cm³/mol. The van der Waals surface area contributed by atoms with Gasteiger partial charge < -0.3 is 10.3 Å². The van der Waals surface area contributed by atoms with Gasteiger partial charge in [0.1, 0.15) is 0 Å². The molecule has 1 aromatic carbocycles. The number of benzene rings is 1. The van der Waals surface area contributed by atoms with E-state index in [1.54, 1.807) is 18.2 Å². The SMILES string of the molecule is Nc1cc(Cl)ccc1Cn1c2c(ccc1=O)CCC2. The van der Waals surface area contributed by atoms with Gasteiger partial charge in [-0.05, 0) is 42.5 Å². The number of nitrogens with two attached hydrogens (primary N) is 1. The molecule has 3 rings (SSSR count). The summed E-state index contributed by atoms with van der Waals surface area (Å²) in [5.74, 6) is 0. The molecule has 4 heteroatoms. The highest BCUT2D eigenvalue weighted by molar-refractivity contribution is 6.30. The lowest BCUT2D eigenvalue weighted by atomic mass is 10.1. The zero-order valence-electron chi connectivity index (χ0n) is 10.5. The number of fused-ring (bicyclic) bond motifs is 1. The number of anilines is 1. The zero-order chi connectivity index (χ0) is 13.4. The summed E-state index contributed by atoms with van der Waals surface area (Å²) >= 11 is 5.90. The number of rotatable bonds is 2. The Hall–Kier alpha value is -1.74. The Morgan fingerprint density at radius 2 is 2.05 bits per heavy atom. The van der Waals surface area contributed by atoms with Crippen LogP contribution in [-0.2, 0) is 19.4 Å². The monoisotopic (exact) mass is 274 g/mol. The fourth-order valence-electron chi connectivity index (χ4n) is 2.69. The second kappa shape index (κ2) is 4.74. The van der Waals surface area contributed by atoms with Gasteiger partial charge >= 0.3 is 0 Å². The number of nitrogen functional groups attached to an aromatic ring is 1. The summed E-state index contributed by atoms with van der Waals surface area (Å²) in [5.41, 5.74) is 10.0. The Morgan fingerprint density at radius 3 is 2.84 bits per heavy atom. The summed E-state index contributed by atoms with van der Waals surface area (Å²) in [6.07, 6.45) is 3.15. The molecular formula is C15H15ClN2O. The zero-order valence-corrected chi connectivity index (χ0v) is 11.3. The molecule has 0 radical (unpaired) electrons. The van der Waals surface area contributed by atoms with Crippen molar-refractivity contribution in [3.63, 3.8) is 0 Å². The number of pyridine rings is 1. The average molecular weight is 275 g/mol. The quantitative estimate of drug-likeness (QED) is 0.856. The molecule has 2 aromatic rings. The third-order valence-electron chi connectivity index (χ3n) is 3.69. The van der Waals surface area contributed by atoms with Crippen molar-refractivity contribution in [3.8, 4) is 0 Å². The first-order chi connectivity index (χ1) is 9.15. The van der Waals surface area contributed by atoms with Crippen LogP contribution in [0.5, 0.6) is 0 Å². The van der Waals surface area contributed by atoms with Crippen LogP contribution in [0.25, 0.3) is 0 Å². The lowest BCUT2D eigenvalue weighted by Gasteiger charge is -2.13. The Balaban J connectivity index is 2.04. The van der Waals surface area contributed by atoms with E-state index in [-0.39, 0.29) is 5.56 Å². The van der Waals surface area contributed by atoms with Gasteiger partial charge in [-0.3, -0.25) is 4.79 Å². The van der Waals surface area contributed by atoms with Gasteiger partial charge in [-0.25, -0.2) is 0 Å². The molecule has 0 amide bonds. The van der Waals surface area contributed by atoms with Crippen molar-refractivity contribution in [2.24, 2.45) is 0 Å². The summed E-state index contributed by atoms with van der Waals surface area (Å²) < 4.78 is 1.84. The van der Waals surface area contributed by atoms with Crippen LogP contribution in [0, 0.1) is 0 Å². The minimum Gasteiger partial charge on any atom is -0.398 e. The van der Waals surface area contributed by atoms with Crippen molar-refractivity contribution in [1.82, 2.24) is 4.57 Å². The highest BCUT2D eigenvalue weighted by Gasteiger charge is 2.16. The van der Waals surface area contributed by atoms with Gasteiger partial charge in [0.15, 0.2) is 0 Å². The maximum Gasteiger partial charge on any atom is 0.251 e. The Kier molecular flexibility index (Phi) is 3.07. The van der Waals surface area contributed by atoms with E-state index in [1.807, 2.05) is 16.7 Å². The molecule has 0 aliphatic heterocycles. The van der Waals surface area contributed by atoms with Gasteiger partial charge in [0.25, 0.3) is 5.56 Å². The van der Waals surface area contributed by atoms with Crippen LogP contribution in [-0.4, -0.2) is 4.57 Å². The van der Waals surface area contributed by atoms with Crippen LogP contribution in [0.15, 0.2) is 35.1 Å². The molecule has 0 unspecified atom stereocenters. The maximum atomic E-state index is 12.1. The molecule has 0 atom stereocenters. The van der Waals surface area contributed by atoms with Gasteiger partial charge in [0.05, 0.1) is 6.54 Å². The smallest absolute Gasteiger partial charge is 0.251 e. The fourth-order valence-corrected chi connectivity index (χ4v) is 2.87. The molecule has 98 valence electrons. The topological polar surface area (TPSA) is 48.0 Å². The van der Waals surface area contributed by atoms with Crippen LogP contribution < -0.4 is 11.3 Å². The van der Waals surface area contributed by atoms with E-state index in [9.17, 15) is 4.79 Å². The number of nitrogens with zero attached hydrogens (tertiary/aromatic N) is 1. The molecule has 0 saturated carbocycles. The van der Waals surface area contributed by atoms with Gasteiger partial charge in [0, 0.05) is 22.5 Å². The van der Waals surface area contributed by atoms with Crippen LogP contribution >= 0.6 is 11.6 Å². The minimum atomic E-state index is 0.0370. The Bertz CT molecular complexity index is 691. The van der Waals surface area contributed by atoms with Gasteiger partial charge in [-0.2, -0.15) is 0 Å². The van der Waals surface area contributed by atoms with E-state index in [1.165, 1.54) is 5.56 Å². The highest BCUT2D eigenvalue weighted by Crippen LogP contribution is 2.23. The molecule has 1 aliphatic rings. The van der Waals surface area contributed by atoms with Crippen molar-refractivity contribution in [3.05, 3.63) is 62.5 Å². The lowest BCUT2D eigenvalue weighted by Crippen LogP contribution is -2.23. The lowest BCUT2D eigenvalue weighted by molar-refractivity contribution is 0.709. The van der Waals surface area contributed by atoms with E-state index >= 15 is 0 Å². The molecule has 19 heavy (non-hydrogen) atoms.